The van der Waals surface area contributed by atoms with Crippen LogP contribution in [0.4, 0.5) is 0 Å². The maximum Gasteiger partial charge on any atom is 0.216 e. The number of aromatic nitrogens is 2. The van der Waals surface area contributed by atoms with Gasteiger partial charge in [0.15, 0.2) is 18.9 Å². The van der Waals surface area contributed by atoms with Crippen molar-refractivity contribution in [2.75, 3.05) is 46.1 Å². The number of H-pyrrole nitrogens is 2. The number of para-hydroxylation sites is 2. The first-order valence-corrected chi connectivity index (χ1v) is 22.9. The molecule has 10 atom stereocenters. The number of hydrogen-bond acceptors (Lipinski definition) is 8. The number of nitrogens with one attached hydrogen (secondary N) is 3. The fourth-order valence-corrected chi connectivity index (χ4v) is 8.44. The fraction of sp³-hybridized carbons (Fsp3) is 0.653. The highest BCUT2D eigenvalue weighted by Gasteiger charge is 2.41. The van der Waals surface area contributed by atoms with Gasteiger partial charge in [0.05, 0.1) is 25.9 Å². The number of carbonyl (C=O) groups excluding carboxylic acids is 1. The fourth-order valence-electron chi connectivity index (χ4n) is 8.44. The number of carbonyl (C=O) groups is 1. The van der Waals surface area contributed by atoms with E-state index in [0.717, 1.165) is 77.7 Å². The second-order valence-electron chi connectivity index (χ2n) is 17.4. The van der Waals surface area contributed by atoms with Crippen LogP contribution in [-0.4, -0.2) is 87.0 Å². The summed E-state index contributed by atoms with van der Waals surface area (Å²) >= 11 is 0. The molecule has 2 aromatic heterocycles. The van der Waals surface area contributed by atoms with Crippen molar-refractivity contribution in [2.45, 2.75) is 125 Å². The van der Waals surface area contributed by atoms with Crippen LogP contribution in [0.3, 0.4) is 0 Å². The molecular weight excluding hydrogens is 757 g/mol. The summed E-state index contributed by atoms with van der Waals surface area (Å²) in [6, 6.07) is 16.8. The minimum Gasteiger partial charge on any atom is -0.379 e. The van der Waals surface area contributed by atoms with E-state index in [1.807, 2.05) is 6.07 Å². The van der Waals surface area contributed by atoms with Gasteiger partial charge in [-0.3, -0.25) is 4.79 Å². The number of unbranched alkanes of at least 4 members (excludes halogenated alkanes) is 4. The van der Waals surface area contributed by atoms with Gasteiger partial charge >= 0.3 is 0 Å². The van der Waals surface area contributed by atoms with E-state index in [9.17, 15) is 4.79 Å². The van der Waals surface area contributed by atoms with E-state index >= 15 is 0 Å². The topological polar surface area (TPSA) is 142 Å². The normalized spacial score (nSPS) is 26.9. The van der Waals surface area contributed by atoms with Crippen molar-refractivity contribution < 1.29 is 33.2 Å². The minimum absolute atomic E-state index is 0.0336. The summed E-state index contributed by atoms with van der Waals surface area (Å²) in [6.07, 6.45) is 11.6. The van der Waals surface area contributed by atoms with Gasteiger partial charge in [0.1, 0.15) is 0 Å². The average molecular weight is 833 g/mol. The van der Waals surface area contributed by atoms with Crippen molar-refractivity contribution in [2.24, 2.45) is 41.2 Å². The van der Waals surface area contributed by atoms with Crippen molar-refractivity contribution in [1.82, 2.24) is 15.3 Å². The van der Waals surface area contributed by atoms with E-state index < -0.39 is 0 Å². The summed E-state index contributed by atoms with van der Waals surface area (Å²) in [7, 11) is 0. The van der Waals surface area contributed by atoms with Gasteiger partial charge in [-0.2, -0.15) is 0 Å². The Morgan fingerprint density at radius 2 is 1.12 bits per heavy atom. The van der Waals surface area contributed by atoms with Crippen LogP contribution in [0, 0.1) is 35.5 Å². The molecular formula is C49H76N4O7. The molecule has 3 unspecified atom stereocenters. The van der Waals surface area contributed by atoms with E-state index in [1.54, 1.807) is 6.92 Å². The smallest absolute Gasteiger partial charge is 0.216 e. The molecule has 4 aromatic rings. The number of amides is 1. The van der Waals surface area contributed by atoms with E-state index in [4.69, 9.17) is 34.2 Å². The molecule has 0 radical (unpaired) electrons. The molecule has 0 aliphatic carbocycles. The third-order valence-electron chi connectivity index (χ3n) is 13.2. The molecule has 1 amide bonds. The first-order valence-electron chi connectivity index (χ1n) is 22.9. The first-order chi connectivity index (χ1) is 29.1. The van der Waals surface area contributed by atoms with Gasteiger partial charge < -0.3 is 49.4 Å². The number of hydrogen-bond donors (Lipinski definition) is 4. The van der Waals surface area contributed by atoms with Gasteiger partial charge in [-0.1, -0.05) is 77.9 Å². The zero-order valence-electron chi connectivity index (χ0n) is 37.6. The predicted octanol–water partition coefficient (Wildman–Crippen LogP) is 9.15. The van der Waals surface area contributed by atoms with Gasteiger partial charge in [-0.05, 0) is 98.9 Å². The van der Waals surface area contributed by atoms with E-state index in [-0.39, 0.29) is 30.9 Å². The molecule has 5 N–H and O–H groups in total. The summed E-state index contributed by atoms with van der Waals surface area (Å²) in [5.74, 6) is 2.50. The van der Waals surface area contributed by atoms with Crippen LogP contribution in [-0.2, 0) is 46.1 Å². The quantitative estimate of drug-likeness (QED) is 0.0575. The third-order valence-corrected chi connectivity index (χ3v) is 13.2. The standard InChI is InChI=1S/C26H40N2O4.C23H36N2O3/c1-18-19(2)25(17-30-14-9-5-8-13-27-21(4)29)32-26(20(18)3)31-15-12-22-16-28-24-11-7-6-10-23(22)24;1-16-17(2)22(26-13-8-4-7-12-24)28-23(18(16)3)27-14-11-19-15-25-21-10-6-5-9-20(19)21/h6-7,10-11,16,18-20,25-26,28H,5,8-9,12-15,17H2,1-4H3,(H,27,29);5-6,9-10,15-18,22-23,25H,4,7-8,11-14,24H2,1-3H3/t18-,19-,20+,25+,26?;16-,17-,18+,22?,23?/m00/s1. The molecule has 2 aromatic carbocycles. The molecule has 6 rings (SSSR count). The maximum atomic E-state index is 10.9. The maximum absolute atomic E-state index is 10.9. The van der Waals surface area contributed by atoms with Crippen molar-refractivity contribution >= 4 is 27.7 Å². The SMILES string of the molecule is CC(=O)NCCCCCOC[C@H]1OC(OCCc2c[nH]c3ccccc23)[C@H](C)[C@@H](C)[C@@H]1C.C[C@H]1[C@H](C)C(OCCCCCN)OC(OCCc2c[nH]c3ccccc23)[C@@H]1C. The molecule has 0 spiro atoms. The Morgan fingerprint density at radius 1 is 0.617 bits per heavy atom. The summed E-state index contributed by atoms with van der Waals surface area (Å²) in [6.45, 7) is 19.9. The number of aromatic amines is 2. The Kier molecular flexibility index (Phi) is 19.9. The Bertz CT molecular complexity index is 1810. The van der Waals surface area contributed by atoms with E-state index in [0.29, 0.717) is 55.3 Å². The van der Waals surface area contributed by atoms with Gasteiger partial charge in [-0.25, -0.2) is 0 Å². The van der Waals surface area contributed by atoms with Crippen LogP contribution >= 0.6 is 0 Å². The molecule has 11 heteroatoms. The van der Waals surface area contributed by atoms with Crippen LogP contribution in [0.1, 0.15) is 98.1 Å². The molecule has 11 nitrogen and oxygen atoms in total. The van der Waals surface area contributed by atoms with Crippen LogP contribution in [0.5, 0.6) is 0 Å². The van der Waals surface area contributed by atoms with Crippen molar-refractivity contribution in [1.29, 1.82) is 0 Å². The largest absolute Gasteiger partial charge is 0.379 e. The Labute approximate surface area is 359 Å². The monoisotopic (exact) mass is 833 g/mol. The van der Waals surface area contributed by atoms with Crippen LogP contribution < -0.4 is 11.1 Å². The van der Waals surface area contributed by atoms with Crippen LogP contribution in [0.25, 0.3) is 21.8 Å². The zero-order chi connectivity index (χ0) is 42.9. The molecule has 2 fully saturated rings. The molecule has 0 bridgehead atoms. The number of benzene rings is 2. The lowest BCUT2D eigenvalue weighted by Crippen LogP contribution is -2.47. The lowest BCUT2D eigenvalue weighted by molar-refractivity contribution is -0.314. The molecule has 2 aliphatic rings. The van der Waals surface area contributed by atoms with Crippen molar-refractivity contribution in [3.05, 3.63) is 72.1 Å². The Hall–Kier alpha value is -3.29. The van der Waals surface area contributed by atoms with Gasteiger partial charge in [0.2, 0.25) is 5.91 Å². The highest BCUT2D eigenvalue weighted by molar-refractivity contribution is 5.83. The second kappa shape index (κ2) is 25.0. The summed E-state index contributed by atoms with van der Waals surface area (Å²) < 4.78 is 37.0. The molecule has 2 saturated heterocycles. The highest BCUT2D eigenvalue weighted by Crippen LogP contribution is 2.37. The average Bonchev–Trinajstić information content (AvgIpc) is 3.87. The molecule has 4 heterocycles. The number of fused-ring (bicyclic) bond motifs is 2. The third kappa shape index (κ3) is 13.9. The summed E-state index contributed by atoms with van der Waals surface area (Å²) in [5.41, 5.74) is 10.5. The van der Waals surface area contributed by atoms with Gasteiger partial charge in [-0.15, -0.1) is 0 Å². The van der Waals surface area contributed by atoms with Crippen molar-refractivity contribution in [3.8, 4) is 0 Å². The Balaban J connectivity index is 0.000000230. The molecule has 60 heavy (non-hydrogen) atoms. The second-order valence-corrected chi connectivity index (χ2v) is 17.4. The Morgan fingerprint density at radius 3 is 1.68 bits per heavy atom. The minimum atomic E-state index is -0.217. The lowest BCUT2D eigenvalue weighted by Gasteiger charge is -2.43. The van der Waals surface area contributed by atoms with Crippen molar-refractivity contribution in [3.63, 3.8) is 0 Å². The molecule has 0 saturated carbocycles. The molecule has 2 aliphatic heterocycles. The summed E-state index contributed by atoms with van der Waals surface area (Å²) in [4.78, 5) is 17.5. The van der Waals surface area contributed by atoms with Crippen LogP contribution in [0.15, 0.2) is 60.9 Å². The summed E-state index contributed by atoms with van der Waals surface area (Å²) in [5, 5.41) is 5.36. The highest BCUT2D eigenvalue weighted by atomic mass is 16.8. The first kappa shape index (κ1) is 47.8. The van der Waals surface area contributed by atoms with E-state index in [1.165, 1.54) is 32.9 Å². The number of ether oxygens (including phenoxy) is 6. The number of rotatable bonds is 22. The van der Waals surface area contributed by atoms with Crippen LogP contribution in [0.2, 0.25) is 0 Å². The number of nitrogens with two attached hydrogens (primary N) is 1. The zero-order valence-corrected chi connectivity index (χ0v) is 37.6. The van der Waals surface area contributed by atoms with Gasteiger partial charge in [0, 0.05) is 78.6 Å². The predicted molar refractivity (Wildman–Crippen MR) is 240 cm³/mol. The van der Waals surface area contributed by atoms with E-state index in [2.05, 4.69) is 112 Å². The lowest BCUT2D eigenvalue weighted by atomic mass is 9.79. The molecule has 334 valence electrons. The van der Waals surface area contributed by atoms with Gasteiger partial charge in [0.25, 0.3) is 0 Å².